The number of hydrogen-bond acceptors (Lipinski definition) is 5. The van der Waals surface area contributed by atoms with Crippen LogP contribution in [0, 0.1) is 10.1 Å². The molecule has 0 spiro atoms. The molecule has 7 nitrogen and oxygen atoms in total. The van der Waals surface area contributed by atoms with E-state index in [1.54, 1.807) is 13.0 Å². The predicted octanol–water partition coefficient (Wildman–Crippen LogP) is 1.23. The number of para-hydroxylation sites is 1. The Kier molecular flexibility index (Phi) is 4.74. The van der Waals surface area contributed by atoms with Crippen LogP contribution in [0.15, 0.2) is 18.2 Å². The summed E-state index contributed by atoms with van der Waals surface area (Å²) in [5.74, 6) is 0.0895. The molecule has 0 atom stereocenters. The number of carbonyl (C=O) groups is 1. The number of nitrogen functional groups attached to an aromatic ring is 1. The second-order valence-electron chi connectivity index (χ2n) is 5.24. The van der Waals surface area contributed by atoms with Crippen molar-refractivity contribution in [3.63, 3.8) is 0 Å². The lowest BCUT2D eigenvalue weighted by Gasteiger charge is -2.21. The largest absolute Gasteiger partial charge is 0.393 e. The summed E-state index contributed by atoms with van der Waals surface area (Å²) >= 11 is 0. The van der Waals surface area contributed by atoms with Crippen LogP contribution >= 0.6 is 0 Å². The van der Waals surface area contributed by atoms with Crippen LogP contribution in [0.3, 0.4) is 0 Å². The number of amides is 1. The maximum Gasteiger partial charge on any atom is 0.292 e. The van der Waals surface area contributed by atoms with Crippen LogP contribution in [0.1, 0.15) is 18.9 Å². The van der Waals surface area contributed by atoms with Crippen molar-refractivity contribution in [2.75, 3.05) is 31.9 Å². The van der Waals surface area contributed by atoms with Gasteiger partial charge in [0, 0.05) is 45.7 Å². The van der Waals surface area contributed by atoms with E-state index in [0.29, 0.717) is 13.1 Å². The fourth-order valence-electron chi connectivity index (χ4n) is 2.58. The minimum Gasteiger partial charge on any atom is -0.393 e. The van der Waals surface area contributed by atoms with Crippen LogP contribution in [0.4, 0.5) is 11.4 Å². The number of hydrogen-bond donors (Lipinski definition) is 1. The number of nitro groups is 1. The molecular formula is C14H20N4O3. The summed E-state index contributed by atoms with van der Waals surface area (Å²) in [6.07, 6.45) is 0.897. The van der Waals surface area contributed by atoms with Crippen molar-refractivity contribution in [2.45, 2.75) is 19.9 Å². The molecule has 1 aliphatic heterocycles. The Morgan fingerprint density at radius 2 is 2.10 bits per heavy atom. The van der Waals surface area contributed by atoms with Gasteiger partial charge in [-0.25, -0.2) is 0 Å². The molecule has 2 N–H and O–H groups in total. The van der Waals surface area contributed by atoms with Gasteiger partial charge in [0.2, 0.25) is 5.91 Å². The maximum absolute atomic E-state index is 11.4. The van der Waals surface area contributed by atoms with Crippen molar-refractivity contribution in [1.82, 2.24) is 9.80 Å². The van der Waals surface area contributed by atoms with Gasteiger partial charge in [0.05, 0.1) is 4.92 Å². The first-order chi connectivity index (χ1) is 9.99. The number of nitrogens with two attached hydrogens (primary N) is 1. The predicted molar refractivity (Wildman–Crippen MR) is 79.7 cm³/mol. The molecule has 0 aromatic heterocycles. The van der Waals surface area contributed by atoms with Crippen molar-refractivity contribution < 1.29 is 9.72 Å². The molecule has 0 radical (unpaired) electrons. The summed E-state index contributed by atoms with van der Waals surface area (Å²) in [6.45, 7) is 5.20. The Labute approximate surface area is 123 Å². The number of rotatable bonds is 3. The van der Waals surface area contributed by atoms with Crippen LogP contribution in [0.25, 0.3) is 0 Å². The monoisotopic (exact) mass is 292 g/mol. The molecule has 1 amide bonds. The molecule has 0 saturated carbocycles. The highest BCUT2D eigenvalue weighted by Crippen LogP contribution is 2.26. The van der Waals surface area contributed by atoms with E-state index in [9.17, 15) is 14.9 Å². The van der Waals surface area contributed by atoms with Gasteiger partial charge in [-0.3, -0.25) is 19.8 Å². The van der Waals surface area contributed by atoms with Crippen molar-refractivity contribution in [3.05, 3.63) is 33.9 Å². The summed E-state index contributed by atoms with van der Waals surface area (Å²) in [4.78, 5) is 25.9. The highest BCUT2D eigenvalue weighted by atomic mass is 16.6. The highest BCUT2D eigenvalue weighted by Gasteiger charge is 2.19. The van der Waals surface area contributed by atoms with E-state index in [4.69, 9.17) is 5.73 Å². The molecule has 1 aromatic carbocycles. The first-order valence-electron chi connectivity index (χ1n) is 6.98. The fraction of sp³-hybridized carbons (Fsp3) is 0.500. The Hall–Kier alpha value is -2.15. The number of anilines is 1. The lowest BCUT2D eigenvalue weighted by molar-refractivity contribution is -0.384. The molecule has 0 unspecified atom stereocenters. The molecule has 114 valence electrons. The third-order valence-electron chi connectivity index (χ3n) is 3.80. The smallest absolute Gasteiger partial charge is 0.292 e. The minimum absolute atomic E-state index is 0.0484. The third kappa shape index (κ3) is 3.69. The maximum atomic E-state index is 11.4. The average molecular weight is 292 g/mol. The average Bonchev–Trinajstić information content (AvgIpc) is 2.66. The number of nitrogens with zero attached hydrogens (tertiary/aromatic N) is 3. The summed E-state index contributed by atoms with van der Waals surface area (Å²) in [5.41, 5.74) is 6.83. The number of carbonyl (C=O) groups excluding carboxylic acids is 1. The van der Waals surface area contributed by atoms with Gasteiger partial charge in [0.25, 0.3) is 5.69 Å². The van der Waals surface area contributed by atoms with Crippen molar-refractivity contribution in [1.29, 1.82) is 0 Å². The van der Waals surface area contributed by atoms with E-state index in [1.165, 1.54) is 6.07 Å². The van der Waals surface area contributed by atoms with Crippen LogP contribution in [-0.4, -0.2) is 46.8 Å². The zero-order valence-electron chi connectivity index (χ0n) is 12.1. The lowest BCUT2D eigenvalue weighted by Crippen LogP contribution is -2.33. The van der Waals surface area contributed by atoms with Gasteiger partial charge in [0.15, 0.2) is 0 Å². The first-order valence-corrected chi connectivity index (χ1v) is 6.98. The highest BCUT2D eigenvalue weighted by molar-refractivity contribution is 5.73. The molecule has 1 aliphatic rings. The topological polar surface area (TPSA) is 92.7 Å². The van der Waals surface area contributed by atoms with E-state index in [1.807, 2.05) is 11.0 Å². The molecule has 0 bridgehead atoms. The number of nitro benzene ring substituents is 1. The van der Waals surface area contributed by atoms with Gasteiger partial charge < -0.3 is 10.6 Å². The van der Waals surface area contributed by atoms with E-state index in [0.717, 1.165) is 31.6 Å². The van der Waals surface area contributed by atoms with Crippen LogP contribution in [-0.2, 0) is 11.3 Å². The standard InChI is InChI=1S/C14H20N4O3/c1-11(19)17-7-3-6-16(8-9-17)10-12-4-2-5-13(14(12)15)18(20)21/h2,4-5H,3,6-10,15H2,1H3. The normalized spacial score (nSPS) is 16.5. The fourth-order valence-corrected chi connectivity index (χ4v) is 2.58. The Balaban J connectivity index is 2.07. The molecule has 0 aliphatic carbocycles. The van der Waals surface area contributed by atoms with Gasteiger partial charge in [-0.05, 0) is 12.0 Å². The summed E-state index contributed by atoms with van der Waals surface area (Å²) in [6, 6.07) is 4.89. The second kappa shape index (κ2) is 6.53. The first kappa shape index (κ1) is 15.2. The second-order valence-corrected chi connectivity index (χ2v) is 5.24. The SMILES string of the molecule is CC(=O)N1CCCN(Cc2cccc([N+](=O)[O-])c2N)CC1. The quantitative estimate of drug-likeness (QED) is 0.514. The Morgan fingerprint density at radius 1 is 1.33 bits per heavy atom. The van der Waals surface area contributed by atoms with Gasteiger partial charge in [-0.1, -0.05) is 12.1 Å². The van der Waals surface area contributed by atoms with Crippen LogP contribution in [0.5, 0.6) is 0 Å². The molecule has 7 heteroatoms. The molecule has 1 fully saturated rings. The zero-order chi connectivity index (χ0) is 15.4. The van der Waals surface area contributed by atoms with Crippen LogP contribution in [0.2, 0.25) is 0 Å². The zero-order valence-corrected chi connectivity index (χ0v) is 12.1. The van der Waals surface area contributed by atoms with Gasteiger partial charge in [0.1, 0.15) is 5.69 Å². The van der Waals surface area contributed by atoms with Crippen LogP contribution < -0.4 is 5.73 Å². The van der Waals surface area contributed by atoms with Gasteiger partial charge in [-0.15, -0.1) is 0 Å². The summed E-state index contributed by atoms with van der Waals surface area (Å²) in [7, 11) is 0. The van der Waals surface area contributed by atoms with Gasteiger partial charge >= 0.3 is 0 Å². The lowest BCUT2D eigenvalue weighted by atomic mass is 10.1. The Morgan fingerprint density at radius 3 is 2.76 bits per heavy atom. The summed E-state index contributed by atoms with van der Waals surface area (Å²) in [5, 5.41) is 10.9. The van der Waals surface area contributed by atoms with E-state index in [-0.39, 0.29) is 17.3 Å². The minimum atomic E-state index is -0.460. The molecule has 1 heterocycles. The molecule has 21 heavy (non-hydrogen) atoms. The molecule has 1 aromatic rings. The number of benzene rings is 1. The van der Waals surface area contributed by atoms with Crippen molar-refractivity contribution in [3.8, 4) is 0 Å². The molecule has 1 saturated heterocycles. The van der Waals surface area contributed by atoms with E-state index in [2.05, 4.69) is 4.90 Å². The summed E-state index contributed by atoms with van der Waals surface area (Å²) < 4.78 is 0. The van der Waals surface area contributed by atoms with Crippen molar-refractivity contribution >= 4 is 17.3 Å². The van der Waals surface area contributed by atoms with E-state index >= 15 is 0 Å². The van der Waals surface area contributed by atoms with E-state index < -0.39 is 4.92 Å². The van der Waals surface area contributed by atoms with Gasteiger partial charge in [-0.2, -0.15) is 0 Å². The third-order valence-corrected chi connectivity index (χ3v) is 3.80. The molecule has 2 rings (SSSR count). The van der Waals surface area contributed by atoms with Crippen molar-refractivity contribution in [2.24, 2.45) is 0 Å². The molecular weight excluding hydrogens is 272 g/mol. The Bertz CT molecular complexity index is 547.